The lowest BCUT2D eigenvalue weighted by molar-refractivity contribution is -0.298. The fraction of sp³-hybridized carbons (Fsp3) is 0.950. The van der Waals surface area contributed by atoms with Crippen LogP contribution in [-0.2, 0) is 28.9 Å². The Balaban J connectivity index is 2.25. The van der Waals surface area contributed by atoms with Crippen LogP contribution in [0.3, 0.4) is 0 Å². The van der Waals surface area contributed by atoms with Crippen molar-refractivity contribution in [1.29, 1.82) is 0 Å². The summed E-state index contributed by atoms with van der Waals surface area (Å²) in [5.74, 6) is -0.224. The van der Waals surface area contributed by atoms with E-state index in [0.29, 0.717) is 12.8 Å². The lowest BCUT2D eigenvalue weighted by Gasteiger charge is -2.41. The van der Waals surface area contributed by atoms with Crippen LogP contribution in [0.4, 0.5) is 0 Å². The molecule has 0 aromatic rings. The van der Waals surface area contributed by atoms with Crippen molar-refractivity contribution in [2.75, 3.05) is 13.2 Å². The van der Waals surface area contributed by atoms with Crippen molar-refractivity contribution in [3.63, 3.8) is 0 Å². The minimum absolute atomic E-state index is 0.224. The van der Waals surface area contributed by atoms with Gasteiger partial charge < -0.3 is 35.2 Å². The van der Waals surface area contributed by atoms with Gasteiger partial charge in [-0.25, -0.2) is 4.18 Å². The van der Waals surface area contributed by atoms with E-state index in [-0.39, 0.29) is 12.5 Å². The van der Waals surface area contributed by atoms with Gasteiger partial charge in [-0.15, -0.1) is 0 Å². The van der Waals surface area contributed by atoms with Crippen LogP contribution in [0.15, 0.2) is 12.2 Å². The number of rotatable bonds is 55. The molecule has 0 radical (unpaired) electrons. The smallest absolute Gasteiger partial charge is 0.394 e. The SMILES string of the molecule is CCCCCCCCCCCCCC/C=C\CCCCCCCCCCCCCCCCC(=O)NC(COC1OC(CO)C(O)C(OS(=O)(=O)O)C1O)C(O)CCCCCCCCCCCCCCCCCC. The standard InChI is InChI=1S/C60H117NO11S/c1-3-5-7-9-11-13-15-17-19-21-22-23-24-25-26-27-28-29-30-31-32-33-34-36-38-40-42-44-46-48-50-56(64)61-53(52-70-60-58(66)59(72-73(67,68)69)57(65)55(51-62)71-60)54(63)49-47-45-43-41-39-37-35-20-18-16-14-12-10-8-6-4-2/h25-26,53-55,57-60,62-63,65-66H,3-24,27-52H2,1-2H3,(H,61,64)(H,67,68,69)/b26-25-. The highest BCUT2D eigenvalue weighted by Crippen LogP contribution is 2.26. The van der Waals surface area contributed by atoms with E-state index in [9.17, 15) is 38.2 Å². The Bertz CT molecular complexity index is 1340. The summed E-state index contributed by atoms with van der Waals surface area (Å²) < 4.78 is 47.9. The van der Waals surface area contributed by atoms with E-state index in [1.54, 1.807) is 0 Å². The number of unbranched alkanes of at least 4 members (excludes halogenated alkanes) is 41. The maximum Gasteiger partial charge on any atom is 0.397 e. The van der Waals surface area contributed by atoms with E-state index in [1.807, 2.05) is 0 Å². The van der Waals surface area contributed by atoms with E-state index in [1.165, 1.54) is 231 Å². The Labute approximate surface area is 449 Å². The van der Waals surface area contributed by atoms with E-state index in [2.05, 4.69) is 35.5 Å². The maximum absolute atomic E-state index is 13.2. The molecule has 1 heterocycles. The van der Waals surface area contributed by atoms with Gasteiger partial charge in [-0.2, -0.15) is 8.42 Å². The van der Waals surface area contributed by atoms with Gasteiger partial charge >= 0.3 is 10.4 Å². The Kier molecular flexibility index (Phi) is 48.2. The Morgan fingerprint density at radius 2 is 0.877 bits per heavy atom. The number of hydrogen-bond acceptors (Lipinski definition) is 10. The van der Waals surface area contributed by atoms with E-state index in [0.717, 1.165) is 51.4 Å². The number of aliphatic hydroxyl groups excluding tert-OH is 4. The largest absolute Gasteiger partial charge is 0.397 e. The second-order valence-corrected chi connectivity index (χ2v) is 23.0. The second-order valence-electron chi connectivity index (χ2n) is 22.0. The first-order chi connectivity index (χ1) is 35.5. The quantitative estimate of drug-likeness (QED) is 0.0193. The molecule has 0 aromatic carbocycles. The lowest BCUT2D eigenvalue weighted by Crippen LogP contribution is -2.61. The van der Waals surface area contributed by atoms with Crippen molar-refractivity contribution in [3.05, 3.63) is 12.2 Å². The first kappa shape index (κ1) is 69.9. The van der Waals surface area contributed by atoms with E-state index < -0.39 is 59.9 Å². The van der Waals surface area contributed by atoms with E-state index >= 15 is 0 Å². The molecular weight excluding hydrogens is 943 g/mol. The van der Waals surface area contributed by atoms with Gasteiger partial charge in [-0.3, -0.25) is 9.35 Å². The van der Waals surface area contributed by atoms with Crippen LogP contribution in [-0.4, -0.2) is 95.4 Å². The van der Waals surface area contributed by atoms with Crippen LogP contribution >= 0.6 is 0 Å². The summed E-state index contributed by atoms with van der Waals surface area (Å²) in [5, 5.41) is 45.1. The number of carbonyl (C=O) groups excluding carboxylic acids is 1. The predicted octanol–water partition coefficient (Wildman–Crippen LogP) is 15.0. The zero-order chi connectivity index (χ0) is 53.3. The molecule has 0 aliphatic carbocycles. The lowest BCUT2D eigenvalue weighted by atomic mass is 9.99. The van der Waals surface area contributed by atoms with Crippen LogP contribution in [0.25, 0.3) is 0 Å². The average molecular weight is 1060 g/mol. The molecule has 6 N–H and O–H groups in total. The molecule has 7 unspecified atom stereocenters. The van der Waals surface area contributed by atoms with Gasteiger partial charge in [0.1, 0.15) is 24.4 Å². The molecule has 1 aliphatic rings. The minimum Gasteiger partial charge on any atom is -0.394 e. The van der Waals surface area contributed by atoms with Crippen molar-refractivity contribution in [2.45, 2.75) is 352 Å². The highest BCUT2D eigenvalue weighted by molar-refractivity contribution is 7.80. The minimum atomic E-state index is -5.08. The fourth-order valence-electron chi connectivity index (χ4n) is 10.3. The third-order valence-corrected chi connectivity index (χ3v) is 15.5. The number of carbonyl (C=O) groups is 1. The normalized spacial score (nSPS) is 19.2. The first-order valence-corrected chi connectivity index (χ1v) is 32.4. The third kappa shape index (κ3) is 42.5. The fourth-order valence-corrected chi connectivity index (χ4v) is 10.8. The zero-order valence-electron chi connectivity index (χ0n) is 47.2. The van der Waals surface area contributed by atoms with Gasteiger partial charge in [-0.05, 0) is 38.5 Å². The molecule has 1 fully saturated rings. The number of aliphatic hydroxyl groups is 4. The molecule has 1 rings (SSSR count). The summed E-state index contributed by atoms with van der Waals surface area (Å²) in [6.07, 6.45) is 52.3. The molecule has 0 spiro atoms. The van der Waals surface area contributed by atoms with Gasteiger partial charge in [0.2, 0.25) is 5.91 Å². The van der Waals surface area contributed by atoms with Crippen molar-refractivity contribution in [3.8, 4) is 0 Å². The highest BCUT2D eigenvalue weighted by Gasteiger charge is 2.48. The number of ether oxygens (including phenoxy) is 2. The first-order valence-electron chi connectivity index (χ1n) is 31.1. The Morgan fingerprint density at radius 1 is 0.534 bits per heavy atom. The van der Waals surface area contributed by atoms with Crippen LogP contribution in [0.2, 0.25) is 0 Å². The average Bonchev–Trinajstić information content (AvgIpc) is 3.37. The third-order valence-electron chi connectivity index (χ3n) is 15.1. The summed E-state index contributed by atoms with van der Waals surface area (Å²) in [6, 6.07) is -0.856. The van der Waals surface area contributed by atoms with Gasteiger partial charge in [0.15, 0.2) is 6.29 Å². The molecule has 1 saturated heterocycles. The molecule has 0 bridgehead atoms. The van der Waals surface area contributed by atoms with Crippen LogP contribution in [0.1, 0.15) is 309 Å². The number of nitrogens with one attached hydrogen (secondary N) is 1. The van der Waals surface area contributed by atoms with Crippen molar-refractivity contribution < 1.29 is 51.8 Å². The van der Waals surface area contributed by atoms with Crippen LogP contribution in [0, 0.1) is 0 Å². The van der Waals surface area contributed by atoms with E-state index in [4.69, 9.17) is 9.47 Å². The molecule has 434 valence electrons. The monoisotopic (exact) mass is 1060 g/mol. The summed E-state index contributed by atoms with van der Waals surface area (Å²) in [6.45, 7) is 3.50. The molecule has 1 amide bonds. The van der Waals surface area contributed by atoms with Crippen molar-refractivity contribution >= 4 is 16.3 Å². The number of allylic oxidation sites excluding steroid dienone is 2. The molecule has 13 heteroatoms. The topological polar surface area (TPSA) is 192 Å². The summed E-state index contributed by atoms with van der Waals surface area (Å²) in [7, 11) is -5.08. The number of amides is 1. The summed E-state index contributed by atoms with van der Waals surface area (Å²) in [5.41, 5.74) is 0. The molecule has 73 heavy (non-hydrogen) atoms. The van der Waals surface area contributed by atoms with Gasteiger partial charge in [0.05, 0.1) is 25.4 Å². The molecule has 0 saturated carbocycles. The molecule has 12 nitrogen and oxygen atoms in total. The molecule has 0 aromatic heterocycles. The van der Waals surface area contributed by atoms with Gasteiger partial charge in [-0.1, -0.05) is 276 Å². The van der Waals surface area contributed by atoms with Crippen LogP contribution < -0.4 is 5.32 Å². The van der Waals surface area contributed by atoms with Crippen molar-refractivity contribution in [1.82, 2.24) is 5.32 Å². The molecule has 1 aliphatic heterocycles. The van der Waals surface area contributed by atoms with Crippen molar-refractivity contribution in [2.24, 2.45) is 0 Å². The van der Waals surface area contributed by atoms with Gasteiger partial charge in [0.25, 0.3) is 0 Å². The highest BCUT2D eigenvalue weighted by atomic mass is 32.3. The predicted molar refractivity (Wildman–Crippen MR) is 301 cm³/mol. The zero-order valence-corrected chi connectivity index (χ0v) is 48.0. The second kappa shape index (κ2) is 50.4. The molecular formula is C60H117NO11S. The van der Waals surface area contributed by atoms with Crippen LogP contribution in [0.5, 0.6) is 0 Å². The Morgan fingerprint density at radius 3 is 1.23 bits per heavy atom. The summed E-state index contributed by atoms with van der Waals surface area (Å²) >= 11 is 0. The van der Waals surface area contributed by atoms with Gasteiger partial charge in [0, 0.05) is 6.42 Å². The number of hydrogen-bond donors (Lipinski definition) is 6. The molecule has 7 atom stereocenters. The Hall–Kier alpha value is -1.16. The maximum atomic E-state index is 13.2. The summed E-state index contributed by atoms with van der Waals surface area (Å²) in [4.78, 5) is 13.2.